The topological polar surface area (TPSA) is 51.1 Å². The molecule has 0 saturated heterocycles. The van der Waals surface area contributed by atoms with Gasteiger partial charge >= 0.3 is 0 Å². The second-order valence-electron chi connectivity index (χ2n) is 6.81. The smallest absolute Gasteiger partial charge is 0.257 e. The van der Waals surface area contributed by atoms with Gasteiger partial charge in [0.25, 0.3) is 5.91 Å². The van der Waals surface area contributed by atoms with Crippen LogP contribution in [-0.2, 0) is 13.0 Å². The molecule has 0 spiro atoms. The van der Waals surface area contributed by atoms with Crippen LogP contribution >= 0.6 is 0 Å². The molecule has 1 N–H and O–H groups in total. The van der Waals surface area contributed by atoms with Gasteiger partial charge in [0.2, 0.25) is 5.43 Å². The molecule has 0 aliphatic carbocycles. The molecule has 1 aromatic heterocycles. The number of aromatic nitrogens is 1. The Bertz CT molecular complexity index is 1030. The summed E-state index contributed by atoms with van der Waals surface area (Å²) in [6, 6.07) is 14.0. The van der Waals surface area contributed by atoms with Crippen LogP contribution < -0.4 is 10.7 Å². The summed E-state index contributed by atoms with van der Waals surface area (Å²) in [7, 11) is 0. The average molecular weight is 332 g/mol. The van der Waals surface area contributed by atoms with Gasteiger partial charge < -0.3 is 9.88 Å². The van der Waals surface area contributed by atoms with Crippen molar-refractivity contribution in [2.75, 3.05) is 0 Å². The fraction of sp³-hybridized carbons (Fsp3) is 0.238. The molecule has 0 radical (unpaired) electrons. The third-order valence-corrected chi connectivity index (χ3v) is 4.94. The summed E-state index contributed by atoms with van der Waals surface area (Å²) in [4.78, 5) is 25.4. The van der Waals surface area contributed by atoms with Crippen molar-refractivity contribution in [3.8, 4) is 0 Å². The van der Waals surface area contributed by atoms with E-state index in [0.717, 1.165) is 17.5 Å². The Labute approximate surface area is 146 Å². The molecule has 2 heterocycles. The molecule has 25 heavy (non-hydrogen) atoms. The molecular weight excluding hydrogens is 312 g/mol. The first kappa shape index (κ1) is 15.6. The minimum absolute atomic E-state index is 0.191. The molecule has 4 heteroatoms. The van der Waals surface area contributed by atoms with E-state index in [0.29, 0.717) is 11.9 Å². The largest absolute Gasteiger partial charge is 0.348 e. The first-order valence-corrected chi connectivity index (χ1v) is 8.55. The zero-order chi connectivity index (χ0) is 17.6. The fourth-order valence-electron chi connectivity index (χ4n) is 3.56. The minimum Gasteiger partial charge on any atom is -0.348 e. The number of para-hydroxylation sites is 1. The number of hydrogen-bond donors (Lipinski definition) is 1. The number of hydrogen-bond acceptors (Lipinski definition) is 2. The van der Waals surface area contributed by atoms with Crippen LogP contribution in [0.4, 0.5) is 0 Å². The molecular formula is C21H20N2O2. The Morgan fingerprint density at radius 2 is 1.96 bits per heavy atom. The van der Waals surface area contributed by atoms with Gasteiger partial charge in [-0.05, 0) is 37.5 Å². The van der Waals surface area contributed by atoms with Gasteiger partial charge in [0.1, 0.15) is 5.56 Å². The molecule has 1 aliphatic rings. The summed E-state index contributed by atoms with van der Waals surface area (Å²) in [5.41, 5.74) is 4.36. The van der Waals surface area contributed by atoms with Crippen LogP contribution in [0.2, 0.25) is 0 Å². The number of benzene rings is 2. The van der Waals surface area contributed by atoms with Gasteiger partial charge in [-0.15, -0.1) is 0 Å². The van der Waals surface area contributed by atoms with E-state index in [1.807, 2.05) is 43.3 Å². The summed E-state index contributed by atoms with van der Waals surface area (Å²) in [5, 5.41) is 3.50. The van der Waals surface area contributed by atoms with E-state index in [2.05, 4.69) is 22.9 Å². The van der Waals surface area contributed by atoms with Crippen molar-refractivity contribution >= 4 is 16.8 Å². The van der Waals surface area contributed by atoms with E-state index < -0.39 is 0 Å². The maximum atomic E-state index is 12.8. The molecule has 1 atom stereocenters. The van der Waals surface area contributed by atoms with Crippen LogP contribution in [0.15, 0.2) is 53.5 Å². The van der Waals surface area contributed by atoms with Crippen LogP contribution in [0.25, 0.3) is 10.9 Å². The predicted molar refractivity (Wildman–Crippen MR) is 99.0 cm³/mol. The van der Waals surface area contributed by atoms with Gasteiger partial charge in [-0.3, -0.25) is 9.59 Å². The maximum absolute atomic E-state index is 12.8. The monoisotopic (exact) mass is 332 g/mol. The predicted octanol–water partition coefficient (Wildman–Crippen LogP) is 3.36. The van der Waals surface area contributed by atoms with Gasteiger partial charge in [0.05, 0.1) is 5.52 Å². The van der Waals surface area contributed by atoms with Gasteiger partial charge in [0, 0.05) is 24.2 Å². The highest BCUT2D eigenvalue weighted by Crippen LogP contribution is 2.30. The zero-order valence-electron chi connectivity index (χ0n) is 14.4. The van der Waals surface area contributed by atoms with E-state index in [1.165, 1.54) is 11.1 Å². The lowest BCUT2D eigenvalue weighted by atomic mass is 10.1. The minimum atomic E-state index is -0.319. The summed E-state index contributed by atoms with van der Waals surface area (Å²) >= 11 is 0. The van der Waals surface area contributed by atoms with Gasteiger partial charge in [-0.1, -0.05) is 42.0 Å². The van der Waals surface area contributed by atoms with Gasteiger partial charge in [-0.25, -0.2) is 0 Å². The molecule has 1 aliphatic heterocycles. The van der Waals surface area contributed by atoms with Crippen LogP contribution in [0.5, 0.6) is 0 Å². The SMILES string of the molecule is Cc1ccc(CNC(=O)c2cn3c4c(cccc4c2=O)C[C@@H]3C)cc1. The molecule has 0 saturated carbocycles. The summed E-state index contributed by atoms with van der Waals surface area (Å²) in [5.74, 6) is -0.319. The van der Waals surface area contributed by atoms with Crippen molar-refractivity contribution in [2.24, 2.45) is 0 Å². The molecule has 0 fully saturated rings. The van der Waals surface area contributed by atoms with Crippen LogP contribution in [-0.4, -0.2) is 10.5 Å². The fourth-order valence-corrected chi connectivity index (χ4v) is 3.56. The second kappa shape index (κ2) is 5.88. The molecule has 4 rings (SSSR count). The third-order valence-electron chi connectivity index (χ3n) is 4.94. The van der Waals surface area contributed by atoms with Crippen molar-refractivity contribution in [3.05, 3.63) is 81.1 Å². The van der Waals surface area contributed by atoms with Crippen molar-refractivity contribution in [3.63, 3.8) is 0 Å². The van der Waals surface area contributed by atoms with E-state index in [-0.39, 0.29) is 22.9 Å². The molecule has 0 bridgehead atoms. The van der Waals surface area contributed by atoms with Crippen LogP contribution in [0.1, 0.15) is 40.0 Å². The molecule has 1 amide bonds. The van der Waals surface area contributed by atoms with Crippen molar-refractivity contribution in [2.45, 2.75) is 32.9 Å². The first-order chi connectivity index (χ1) is 12.0. The Morgan fingerprint density at radius 3 is 2.72 bits per heavy atom. The van der Waals surface area contributed by atoms with E-state index >= 15 is 0 Å². The number of rotatable bonds is 3. The van der Waals surface area contributed by atoms with Crippen molar-refractivity contribution in [1.29, 1.82) is 0 Å². The lowest BCUT2D eigenvalue weighted by Gasteiger charge is -2.12. The third kappa shape index (κ3) is 2.64. The zero-order valence-corrected chi connectivity index (χ0v) is 14.4. The molecule has 126 valence electrons. The number of nitrogens with one attached hydrogen (secondary N) is 1. The van der Waals surface area contributed by atoms with Gasteiger partial charge in [-0.2, -0.15) is 0 Å². The highest BCUT2D eigenvalue weighted by molar-refractivity contribution is 5.98. The highest BCUT2D eigenvalue weighted by Gasteiger charge is 2.24. The highest BCUT2D eigenvalue weighted by atomic mass is 16.2. The molecule has 2 aromatic carbocycles. The standard InChI is InChI=1S/C21H20N2O2/c1-13-6-8-15(9-7-13)11-22-21(25)18-12-23-14(2)10-16-4-3-5-17(19(16)23)20(18)24/h3-9,12,14H,10-11H2,1-2H3,(H,22,25)/t14-/m0/s1. The average Bonchev–Trinajstić information content (AvgIpc) is 2.93. The second-order valence-corrected chi connectivity index (χ2v) is 6.81. The number of pyridine rings is 1. The summed E-state index contributed by atoms with van der Waals surface area (Å²) < 4.78 is 2.06. The van der Waals surface area contributed by atoms with E-state index in [9.17, 15) is 9.59 Å². The Morgan fingerprint density at radius 1 is 1.20 bits per heavy atom. The number of amides is 1. The number of nitrogens with zero attached hydrogens (tertiary/aromatic N) is 1. The Kier molecular flexibility index (Phi) is 3.68. The van der Waals surface area contributed by atoms with Crippen LogP contribution in [0, 0.1) is 6.92 Å². The first-order valence-electron chi connectivity index (χ1n) is 8.55. The molecule has 4 nitrogen and oxygen atoms in total. The van der Waals surface area contributed by atoms with Crippen LogP contribution in [0.3, 0.4) is 0 Å². The summed E-state index contributed by atoms with van der Waals surface area (Å²) in [6.07, 6.45) is 2.61. The van der Waals surface area contributed by atoms with Crippen molar-refractivity contribution in [1.82, 2.24) is 9.88 Å². The number of aryl methyl sites for hydroxylation is 1. The molecule has 0 unspecified atom stereocenters. The normalized spacial score (nSPS) is 15.5. The molecule has 3 aromatic rings. The number of carbonyl (C=O) groups is 1. The maximum Gasteiger partial charge on any atom is 0.257 e. The van der Waals surface area contributed by atoms with Crippen molar-refractivity contribution < 1.29 is 4.79 Å². The summed E-state index contributed by atoms with van der Waals surface area (Å²) in [6.45, 7) is 4.54. The van der Waals surface area contributed by atoms with Gasteiger partial charge in [0.15, 0.2) is 0 Å². The lowest BCUT2D eigenvalue weighted by Crippen LogP contribution is -2.29. The Hall–Kier alpha value is -2.88. The van der Waals surface area contributed by atoms with E-state index in [4.69, 9.17) is 0 Å². The quantitative estimate of drug-likeness (QED) is 0.799. The lowest BCUT2D eigenvalue weighted by molar-refractivity contribution is 0.0949. The number of carbonyl (C=O) groups excluding carboxylic acids is 1. The Balaban J connectivity index is 1.68. The van der Waals surface area contributed by atoms with E-state index in [1.54, 1.807) is 6.20 Å².